The maximum Gasteiger partial charge on any atom is 0.247 e. The number of Topliss-reactive ketones (excluding diaryl/α,β-unsaturated/α-hetero) is 1. The highest BCUT2D eigenvalue weighted by Gasteiger charge is 2.41. The maximum atomic E-state index is 12.7. The second-order valence-corrected chi connectivity index (χ2v) is 9.09. The molecule has 1 atom stereocenters. The minimum absolute atomic E-state index is 0.0178. The topological polar surface area (TPSA) is 88.9 Å². The Hall–Kier alpha value is -3.22. The van der Waals surface area contributed by atoms with E-state index in [1.54, 1.807) is 6.20 Å². The number of hydrogen-bond donors (Lipinski definition) is 2. The number of carbonyl (C=O) groups is 2. The molecule has 1 amide bonds. The Bertz CT molecular complexity index is 1210. The van der Waals surface area contributed by atoms with Crippen molar-refractivity contribution in [3.05, 3.63) is 47.8 Å². The van der Waals surface area contributed by atoms with Crippen LogP contribution in [0.4, 0.5) is 11.6 Å². The lowest BCUT2D eigenvalue weighted by Gasteiger charge is -2.42. The average Bonchev–Trinajstić information content (AvgIpc) is 3.18. The summed E-state index contributed by atoms with van der Waals surface area (Å²) >= 11 is 0. The van der Waals surface area contributed by atoms with Gasteiger partial charge in [0.1, 0.15) is 11.7 Å². The fourth-order valence-electron chi connectivity index (χ4n) is 5.64. The number of anilines is 2. The third-order valence-corrected chi connectivity index (χ3v) is 7.22. The molecule has 7 nitrogen and oxygen atoms in total. The molecule has 6 rings (SSSR count). The zero-order valence-electron chi connectivity index (χ0n) is 17.4. The largest absolute Gasteiger partial charge is 0.342 e. The highest BCUT2D eigenvalue weighted by atomic mass is 16.2. The summed E-state index contributed by atoms with van der Waals surface area (Å²) in [5, 5.41) is 7.08. The summed E-state index contributed by atoms with van der Waals surface area (Å²) < 4.78 is 2.20. The van der Waals surface area contributed by atoms with Crippen LogP contribution in [0.15, 0.2) is 36.5 Å². The number of ketones is 1. The first-order chi connectivity index (χ1) is 15.1. The number of benzene rings is 1. The minimum Gasteiger partial charge on any atom is -0.342 e. The Morgan fingerprint density at radius 3 is 2.81 bits per heavy atom. The summed E-state index contributed by atoms with van der Waals surface area (Å²) in [4.78, 5) is 34.6. The number of hydrogen-bond acceptors (Lipinski definition) is 5. The summed E-state index contributed by atoms with van der Waals surface area (Å²) in [5.74, 6) is 0.530. The van der Waals surface area contributed by atoms with Gasteiger partial charge < -0.3 is 15.2 Å². The van der Waals surface area contributed by atoms with Gasteiger partial charge in [0, 0.05) is 35.7 Å². The van der Waals surface area contributed by atoms with Gasteiger partial charge in [0.2, 0.25) is 11.9 Å². The van der Waals surface area contributed by atoms with Crippen molar-refractivity contribution in [3.8, 4) is 0 Å². The van der Waals surface area contributed by atoms with Crippen LogP contribution in [0.1, 0.15) is 61.0 Å². The molecule has 3 aromatic rings. The zero-order chi connectivity index (χ0) is 21.0. The van der Waals surface area contributed by atoms with E-state index in [1.807, 2.05) is 30.3 Å². The molecule has 2 N–H and O–H groups in total. The number of fused-ring (bicyclic) bond motifs is 5. The van der Waals surface area contributed by atoms with Crippen LogP contribution >= 0.6 is 0 Å². The highest BCUT2D eigenvalue weighted by molar-refractivity contribution is 6.01. The number of aromatic nitrogens is 3. The maximum absolute atomic E-state index is 12.7. The van der Waals surface area contributed by atoms with Crippen LogP contribution in [0.25, 0.3) is 11.0 Å². The van der Waals surface area contributed by atoms with Gasteiger partial charge in [-0.05, 0) is 37.0 Å². The van der Waals surface area contributed by atoms with Gasteiger partial charge in [0.05, 0.1) is 5.69 Å². The lowest BCUT2D eigenvalue weighted by molar-refractivity contribution is -0.117. The predicted octanol–water partition coefficient (Wildman–Crippen LogP) is 4.04. The third kappa shape index (κ3) is 2.94. The van der Waals surface area contributed by atoms with Crippen LogP contribution in [0, 0.1) is 0 Å². The van der Waals surface area contributed by atoms with Crippen molar-refractivity contribution >= 4 is 34.4 Å². The Kier molecular flexibility index (Phi) is 4.13. The lowest BCUT2D eigenvalue weighted by Crippen LogP contribution is -2.42. The summed E-state index contributed by atoms with van der Waals surface area (Å²) in [7, 11) is 0. The number of nitrogens with zero attached hydrogens (tertiary/aromatic N) is 3. The molecule has 1 unspecified atom stereocenters. The number of para-hydroxylation sites is 1. The molecule has 1 aliphatic carbocycles. The summed E-state index contributed by atoms with van der Waals surface area (Å²) in [5.41, 5.74) is 3.50. The molecule has 7 heteroatoms. The summed E-state index contributed by atoms with van der Waals surface area (Å²) in [6.45, 7) is 0. The van der Waals surface area contributed by atoms with Crippen molar-refractivity contribution in [1.82, 2.24) is 14.5 Å². The van der Waals surface area contributed by atoms with E-state index in [1.165, 1.54) is 19.3 Å². The first-order valence-electron chi connectivity index (χ1n) is 11.2. The van der Waals surface area contributed by atoms with E-state index in [0.717, 1.165) is 47.2 Å². The summed E-state index contributed by atoms with van der Waals surface area (Å²) in [6, 6.07) is 9.34. The van der Waals surface area contributed by atoms with E-state index >= 15 is 0 Å². The van der Waals surface area contributed by atoms with Crippen molar-refractivity contribution in [2.45, 2.75) is 62.9 Å². The second-order valence-electron chi connectivity index (χ2n) is 9.09. The van der Waals surface area contributed by atoms with Crippen molar-refractivity contribution in [3.63, 3.8) is 0 Å². The lowest BCUT2D eigenvalue weighted by atomic mass is 9.75. The number of amides is 1. The van der Waals surface area contributed by atoms with Crippen LogP contribution < -0.4 is 10.6 Å². The van der Waals surface area contributed by atoms with Gasteiger partial charge in [-0.1, -0.05) is 37.5 Å². The Morgan fingerprint density at radius 1 is 1.10 bits per heavy atom. The van der Waals surface area contributed by atoms with Crippen LogP contribution in [0.3, 0.4) is 0 Å². The van der Waals surface area contributed by atoms with Crippen molar-refractivity contribution < 1.29 is 9.59 Å². The fourth-order valence-corrected chi connectivity index (χ4v) is 5.64. The fraction of sp³-hybridized carbons (Fsp3) is 0.417. The van der Waals surface area contributed by atoms with Gasteiger partial charge in [-0.3, -0.25) is 9.59 Å². The van der Waals surface area contributed by atoms with Crippen LogP contribution in [0.2, 0.25) is 0 Å². The quantitative estimate of drug-likeness (QED) is 0.659. The van der Waals surface area contributed by atoms with Crippen LogP contribution in [-0.2, 0) is 16.8 Å². The minimum atomic E-state index is -0.437. The van der Waals surface area contributed by atoms with E-state index in [4.69, 9.17) is 4.98 Å². The van der Waals surface area contributed by atoms with Gasteiger partial charge in [0.15, 0.2) is 5.78 Å². The van der Waals surface area contributed by atoms with E-state index in [0.29, 0.717) is 18.8 Å². The molecule has 158 valence electrons. The average molecular weight is 415 g/mol. The van der Waals surface area contributed by atoms with Crippen molar-refractivity contribution in [1.29, 1.82) is 0 Å². The SMILES string of the molecule is O=C1CCC2(CCCCC2)n2c1cc1cnc(NC3Cc4ccccc4NC3=O)nc12. The smallest absolute Gasteiger partial charge is 0.247 e. The molecule has 1 saturated carbocycles. The van der Waals surface area contributed by atoms with Gasteiger partial charge in [-0.25, -0.2) is 4.98 Å². The Morgan fingerprint density at radius 2 is 1.94 bits per heavy atom. The molecule has 2 aliphatic heterocycles. The molecular weight excluding hydrogens is 390 g/mol. The van der Waals surface area contributed by atoms with E-state index in [-0.39, 0.29) is 17.2 Å². The monoisotopic (exact) mass is 415 g/mol. The predicted molar refractivity (Wildman–Crippen MR) is 118 cm³/mol. The molecule has 0 bridgehead atoms. The Labute approximate surface area is 180 Å². The van der Waals surface area contributed by atoms with E-state index < -0.39 is 6.04 Å². The number of rotatable bonds is 2. The van der Waals surface area contributed by atoms with Crippen LogP contribution in [0.5, 0.6) is 0 Å². The molecule has 3 aliphatic rings. The second kappa shape index (κ2) is 6.90. The number of nitrogens with one attached hydrogen (secondary N) is 2. The molecular formula is C24H25N5O2. The molecule has 1 fully saturated rings. The van der Waals surface area contributed by atoms with Gasteiger partial charge in [-0.2, -0.15) is 4.98 Å². The standard InChI is InChI=1S/C24H25N5O2/c30-20-8-11-24(9-4-1-5-10-24)29-19(20)13-16-14-25-23(28-21(16)29)27-18-12-15-6-2-3-7-17(15)26-22(18)31/h2-3,6-7,13-14,18H,1,4-5,8-12H2,(H,26,31)(H,25,27,28). The van der Waals surface area contributed by atoms with Crippen LogP contribution in [-0.4, -0.2) is 32.3 Å². The van der Waals surface area contributed by atoms with Gasteiger partial charge in [-0.15, -0.1) is 0 Å². The van der Waals surface area contributed by atoms with E-state index in [2.05, 4.69) is 20.2 Å². The first kappa shape index (κ1) is 18.5. The molecule has 0 radical (unpaired) electrons. The molecule has 1 aromatic carbocycles. The first-order valence-corrected chi connectivity index (χ1v) is 11.2. The van der Waals surface area contributed by atoms with Gasteiger partial charge >= 0.3 is 0 Å². The van der Waals surface area contributed by atoms with Gasteiger partial charge in [0.25, 0.3) is 0 Å². The van der Waals surface area contributed by atoms with Crippen molar-refractivity contribution in [2.24, 2.45) is 0 Å². The van der Waals surface area contributed by atoms with Crippen molar-refractivity contribution in [2.75, 3.05) is 10.6 Å². The molecule has 4 heterocycles. The Balaban J connectivity index is 1.38. The summed E-state index contributed by atoms with van der Waals surface area (Å²) in [6.07, 6.45) is 9.65. The highest BCUT2D eigenvalue weighted by Crippen LogP contribution is 2.45. The third-order valence-electron chi connectivity index (χ3n) is 7.22. The zero-order valence-corrected chi connectivity index (χ0v) is 17.4. The van der Waals surface area contributed by atoms with E-state index in [9.17, 15) is 9.59 Å². The molecule has 2 aromatic heterocycles. The molecule has 31 heavy (non-hydrogen) atoms. The molecule has 1 spiro atoms. The molecule has 0 saturated heterocycles. The number of carbonyl (C=O) groups excluding carboxylic acids is 2. The normalized spacial score (nSPS) is 22.1.